The monoisotopic (exact) mass is 185 g/mol. The van der Waals surface area contributed by atoms with Crippen LogP contribution in [-0.4, -0.2) is 21.5 Å². The van der Waals surface area contributed by atoms with Crippen molar-refractivity contribution in [3.8, 4) is 0 Å². The number of amides is 1. The maximum absolute atomic E-state index is 11.3. The summed E-state index contributed by atoms with van der Waals surface area (Å²) in [6, 6.07) is 0.194. The molecule has 0 aliphatic heterocycles. The molecule has 0 aliphatic carbocycles. The lowest BCUT2D eigenvalue weighted by atomic mass is 10.2. The van der Waals surface area contributed by atoms with Crippen LogP contribution < -0.4 is 5.32 Å². The molecule has 5 heteroatoms. The number of carbonyl (C=O) groups is 1. The Morgan fingerprint density at radius 3 is 3.08 bits per heavy atom. The van der Waals surface area contributed by atoms with Crippen LogP contribution in [0, 0.1) is 0 Å². The van der Waals surface area contributed by atoms with E-state index in [0.717, 1.165) is 6.42 Å². The predicted molar refractivity (Wildman–Crippen MR) is 47.1 cm³/mol. The first-order valence-electron chi connectivity index (χ1n) is 3.82. The molecule has 0 bridgehead atoms. The second-order valence-corrected chi connectivity index (χ2v) is 3.18. The average Bonchev–Trinajstić information content (AvgIpc) is 2.56. The van der Waals surface area contributed by atoms with E-state index in [-0.39, 0.29) is 11.9 Å². The van der Waals surface area contributed by atoms with Gasteiger partial charge in [0, 0.05) is 11.4 Å². The van der Waals surface area contributed by atoms with Crippen molar-refractivity contribution in [3.63, 3.8) is 0 Å². The van der Waals surface area contributed by atoms with E-state index in [0.29, 0.717) is 5.69 Å². The van der Waals surface area contributed by atoms with Crippen LogP contribution in [0.3, 0.4) is 0 Å². The fourth-order valence-electron chi connectivity index (χ4n) is 0.663. The molecule has 12 heavy (non-hydrogen) atoms. The van der Waals surface area contributed by atoms with Gasteiger partial charge >= 0.3 is 0 Å². The van der Waals surface area contributed by atoms with E-state index >= 15 is 0 Å². The Labute approximate surface area is 75.2 Å². The van der Waals surface area contributed by atoms with Gasteiger partial charge in [-0.15, -0.1) is 5.10 Å². The summed E-state index contributed by atoms with van der Waals surface area (Å²) >= 11 is 1.18. The predicted octanol–water partition coefficient (Wildman–Crippen LogP) is 1.07. The van der Waals surface area contributed by atoms with Crippen LogP contribution in [0.5, 0.6) is 0 Å². The molecule has 1 atom stereocenters. The van der Waals surface area contributed by atoms with Crippen LogP contribution in [0.4, 0.5) is 0 Å². The zero-order valence-corrected chi connectivity index (χ0v) is 7.89. The Hall–Kier alpha value is -0.970. The SMILES string of the molecule is CCC(C)NC(=O)c1csnn1. The van der Waals surface area contributed by atoms with Gasteiger partial charge in [-0.05, 0) is 24.9 Å². The van der Waals surface area contributed by atoms with Gasteiger partial charge in [0.25, 0.3) is 5.91 Å². The molecule has 0 radical (unpaired) electrons. The molecular weight excluding hydrogens is 174 g/mol. The molecule has 1 rings (SSSR count). The molecule has 0 spiro atoms. The van der Waals surface area contributed by atoms with E-state index in [1.54, 1.807) is 5.38 Å². The van der Waals surface area contributed by atoms with Crippen LogP contribution in [0.25, 0.3) is 0 Å². The van der Waals surface area contributed by atoms with E-state index in [1.807, 2.05) is 13.8 Å². The van der Waals surface area contributed by atoms with Crippen LogP contribution in [-0.2, 0) is 0 Å². The van der Waals surface area contributed by atoms with Crippen LogP contribution in [0.15, 0.2) is 5.38 Å². The Bertz CT molecular complexity index is 247. The van der Waals surface area contributed by atoms with Gasteiger partial charge in [-0.1, -0.05) is 11.4 Å². The lowest BCUT2D eigenvalue weighted by molar-refractivity contribution is 0.0934. The van der Waals surface area contributed by atoms with Crippen molar-refractivity contribution in [3.05, 3.63) is 11.1 Å². The first kappa shape index (κ1) is 9.12. The molecule has 0 aliphatic rings. The molecule has 1 unspecified atom stereocenters. The molecular formula is C7H11N3OS. The molecule has 0 aromatic carbocycles. The van der Waals surface area contributed by atoms with Crippen LogP contribution in [0.1, 0.15) is 30.8 Å². The van der Waals surface area contributed by atoms with Crippen LogP contribution >= 0.6 is 11.5 Å². The van der Waals surface area contributed by atoms with Crippen molar-refractivity contribution in [1.82, 2.24) is 14.9 Å². The minimum Gasteiger partial charge on any atom is -0.348 e. The number of aromatic nitrogens is 2. The van der Waals surface area contributed by atoms with E-state index in [4.69, 9.17) is 0 Å². The van der Waals surface area contributed by atoms with Crippen molar-refractivity contribution >= 4 is 17.4 Å². The van der Waals surface area contributed by atoms with Gasteiger partial charge < -0.3 is 5.32 Å². The summed E-state index contributed by atoms with van der Waals surface area (Å²) in [5, 5.41) is 8.09. The summed E-state index contributed by atoms with van der Waals surface area (Å²) in [6.07, 6.45) is 0.920. The third kappa shape index (κ3) is 2.27. The Balaban J connectivity index is 2.50. The van der Waals surface area contributed by atoms with Gasteiger partial charge in [0.2, 0.25) is 0 Å². The van der Waals surface area contributed by atoms with Crippen LogP contribution in [0.2, 0.25) is 0 Å². The van der Waals surface area contributed by atoms with Crippen molar-refractivity contribution in [1.29, 1.82) is 0 Å². The van der Waals surface area contributed by atoms with Crippen molar-refractivity contribution in [2.24, 2.45) is 0 Å². The van der Waals surface area contributed by atoms with Gasteiger partial charge in [0.15, 0.2) is 5.69 Å². The van der Waals surface area contributed by atoms with Gasteiger partial charge in [0.1, 0.15) is 0 Å². The van der Waals surface area contributed by atoms with E-state index in [1.165, 1.54) is 11.5 Å². The van der Waals surface area contributed by atoms with Crippen molar-refractivity contribution in [2.75, 3.05) is 0 Å². The molecule has 1 aromatic rings. The lowest BCUT2D eigenvalue weighted by Crippen LogP contribution is -2.32. The highest BCUT2D eigenvalue weighted by molar-refractivity contribution is 7.03. The van der Waals surface area contributed by atoms with Gasteiger partial charge in [-0.3, -0.25) is 4.79 Å². The van der Waals surface area contributed by atoms with Gasteiger partial charge in [-0.2, -0.15) is 0 Å². The fraction of sp³-hybridized carbons (Fsp3) is 0.571. The third-order valence-corrected chi connectivity index (χ3v) is 2.09. The lowest BCUT2D eigenvalue weighted by Gasteiger charge is -2.08. The van der Waals surface area contributed by atoms with E-state index in [9.17, 15) is 4.79 Å². The smallest absolute Gasteiger partial charge is 0.272 e. The van der Waals surface area contributed by atoms with Gasteiger partial charge in [-0.25, -0.2) is 0 Å². The molecule has 1 aromatic heterocycles. The number of carbonyl (C=O) groups excluding carboxylic acids is 1. The first-order chi connectivity index (χ1) is 5.74. The minimum absolute atomic E-state index is 0.141. The fourth-order valence-corrected chi connectivity index (χ4v) is 1.10. The summed E-state index contributed by atoms with van der Waals surface area (Å²) in [5.41, 5.74) is 0.403. The van der Waals surface area contributed by atoms with Gasteiger partial charge in [0.05, 0.1) is 0 Å². The Kier molecular flexibility index (Phi) is 3.16. The minimum atomic E-state index is -0.141. The molecule has 0 saturated heterocycles. The largest absolute Gasteiger partial charge is 0.348 e. The standard InChI is InChI=1S/C7H11N3OS/c1-3-5(2)8-7(11)6-4-12-10-9-6/h4-5H,3H2,1-2H3,(H,8,11). The maximum atomic E-state index is 11.3. The maximum Gasteiger partial charge on any atom is 0.272 e. The molecule has 1 heterocycles. The highest BCUT2D eigenvalue weighted by Crippen LogP contribution is 1.98. The summed E-state index contributed by atoms with van der Waals surface area (Å²) < 4.78 is 3.61. The number of hydrogen-bond donors (Lipinski definition) is 1. The van der Waals surface area contributed by atoms with E-state index < -0.39 is 0 Å². The van der Waals surface area contributed by atoms with E-state index in [2.05, 4.69) is 14.9 Å². The summed E-state index contributed by atoms with van der Waals surface area (Å²) in [4.78, 5) is 11.3. The quantitative estimate of drug-likeness (QED) is 0.766. The zero-order valence-electron chi connectivity index (χ0n) is 7.07. The summed E-state index contributed by atoms with van der Waals surface area (Å²) in [5.74, 6) is -0.141. The molecule has 4 nitrogen and oxygen atoms in total. The number of nitrogens with one attached hydrogen (secondary N) is 1. The zero-order chi connectivity index (χ0) is 8.97. The molecule has 1 amide bonds. The molecule has 1 N–H and O–H groups in total. The van der Waals surface area contributed by atoms with Crippen molar-refractivity contribution < 1.29 is 4.79 Å². The summed E-state index contributed by atoms with van der Waals surface area (Å²) in [7, 11) is 0. The topological polar surface area (TPSA) is 54.9 Å². The second kappa shape index (κ2) is 4.15. The number of rotatable bonds is 3. The molecule has 0 fully saturated rings. The molecule has 0 saturated carbocycles. The number of nitrogens with zero attached hydrogens (tertiary/aromatic N) is 2. The molecule has 66 valence electrons. The highest BCUT2D eigenvalue weighted by Gasteiger charge is 2.10. The Morgan fingerprint density at radius 1 is 1.83 bits per heavy atom. The first-order valence-corrected chi connectivity index (χ1v) is 4.65. The normalized spacial score (nSPS) is 12.5. The number of hydrogen-bond acceptors (Lipinski definition) is 4. The summed E-state index contributed by atoms with van der Waals surface area (Å²) in [6.45, 7) is 3.97. The highest BCUT2D eigenvalue weighted by atomic mass is 32.1. The third-order valence-electron chi connectivity index (χ3n) is 1.58. The van der Waals surface area contributed by atoms with Crippen molar-refractivity contribution in [2.45, 2.75) is 26.3 Å². The average molecular weight is 185 g/mol. The second-order valence-electron chi connectivity index (χ2n) is 2.57. The Morgan fingerprint density at radius 2 is 2.58 bits per heavy atom.